The molecule has 2 atom stereocenters. The third-order valence-electron chi connectivity index (χ3n) is 3.34. The zero-order chi connectivity index (χ0) is 12.1. The Labute approximate surface area is 102 Å². The van der Waals surface area contributed by atoms with E-state index >= 15 is 0 Å². The number of benzene rings is 1. The highest BCUT2D eigenvalue weighted by molar-refractivity contribution is 5.17. The molecule has 1 aliphatic rings. The summed E-state index contributed by atoms with van der Waals surface area (Å²) in [5, 5.41) is 3.41. The highest BCUT2D eigenvalue weighted by Gasteiger charge is 2.21. The Kier molecular flexibility index (Phi) is 4.51. The molecule has 0 amide bonds. The van der Waals surface area contributed by atoms with Crippen LogP contribution in [0.5, 0.6) is 0 Å². The molecule has 0 saturated carbocycles. The second-order valence-electron chi connectivity index (χ2n) is 4.64. The van der Waals surface area contributed by atoms with Crippen LogP contribution in [0.4, 0.5) is 4.39 Å². The van der Waals surface area contributed by atoms with Gasteiger partial charge in [0.05, 0.1) is 6.10 Å². The van der Waals surface area contributed by atoms with Crippen molar-refractivity contribution in [2.45, 2.75) is 38.3 Å². The van der Waals surface area contributed by atoms with Crippen LogP contribution in [-0.2, 0) is 11.2 Å². The fourth-order valence-electron chi connectivity index (χ4n) is 2.26. The van der Waals surface area contributed by atoms with Crippen LogP contribution in [0.1, 0.15) is 25.3 Å². The van der Waals surface area contributed by atoms with Gasteiger partial charge in [0, 0.05) is 12.6 Å². The molecule has 0 radical (unpaired) electrons. The molecule has 0 aliphatic carbocycles. The van der Waals surface area contributed by atoms with Crippen molar-refractivity contribution in [3.63, 3.8) is 0 Å². The van der Waals surface area contributed by atoms with E-state index in [1.807, 2.05) is 12.1 Å². The van der Waals surface area contributed by atoms with Crippen molar-refractivity contribution < 1.29 is 9.13 Å². The molecule has 1 aliphatic heterocycles. The lowest BCUT2D eigenvalue weighted by Gasteiger charge is -2.20. The van der Waals surface area contributed by atoms with Gasteiger partial charge in [0.15, 0.2) is 0 Å². The number of nitrogens with one attached hydrogen (secondary N) is 1. The fourth-order valence-corrected chi connectivity index (χ4v) is 2.26. The Morgan fingerprint density at radius 2 is 2.29 bits per heavy atom. The topological polar surface area (TPSA) is 21.3 Å². The molecule has 0 bridgehead atoms. The van der Waals surface area contributed by atoms with E-state index in [0.717, 1.165) is 38.0 Å². The molecule has 1 N–H and O–H groups in total. The highest BCUT2D eigenvalue weighted by atomic mass is 19.1. The maximum atomic E-state index is 13.4. The molecule has 0 spiro atoms. The first kappa shape index (κ1) is 12.5. The van der Waals surface area contributed by atoms with E-state index in [0.29, 0.717) is 12.1 Å². The normalized spacial score (nSPS) is 21.6. The van der Waals surface area contributed by atoms with Crippen molar-refractivity contribution in [2.24, 2.45) is 0 Å². The standard InChI is InChI=1S/C14H20FNO/c1-11(14-7-4-10-17-14)16-9-8-12-5-2-3-6-13(12)15/h2-3,5-6,11,14,16H,4,7-10H2,1H3/t11-,14+/m1/s1. The molecule has 17 heavy (non-hydrogen) atoms. The van der Waals surface area contributed by atoms with E-state index in [9.17, 15) is 4.39 Å². The van der Waals surface area contributed by atoms with Gasteiger partial charge in [0.1, 0.15) is 5.82 Å². The van der Waals surface area contributed by atoms with Crippen molar-refractivity contribution in [2.75, 3.05) is 13.2 Å². The van der Waals surface area contributed by atoms with Gasteiger partial charge in [-0.05, 0) is 44.4 Å². The number of rotatable bonds is 5. The predicted octanol–water partition coefficient (Wildman–Crippen LogP) is 2.53. The van der Waals surface area contributed by atoms with Gasteiger partial charge in [-0.2, -0.15) is 0 Å². The molecule has 1 heterocycles. The lowest BCUT2D eigenvalue weighted by Crippen LogP contribution is -2.38. The number of hydrogen-bond acceptors (Lipinski definition) is 2. The number of hydrogen-bond donors (Lipinski definition) is 1. The first-order valence-corrected chi connectivity index (χ1v) is 6.36. The molecule has 2 nitrogen and oxygen atoms in total. The van der Waals surface area contributed by atoms with Crippen LogP contribution < -0.4 is 5.32 Å². The first-order valence-electron chi connectivity index (χ1n) is 6.36. The summed E-state index contributed by atoms with van der Waals surface area (Å²) in [5.41, 5.74) is 0.777. The van der Waals surface area contributed by atoms with Crippen molar-refractivity contribution in [1.29, 1.82) is 0 Å². The van der Waals surface area contributed by atoms with Crippen molar-refractivity contribution in [3.8, 4) is 0 Å². The van der Waals surface area contributed by atoms with Crippen LogP contribution in [0, 0.1) is 5.82 Å². The summed E-state index contributed by atoms with van der Waals surface area (Å²) >= 11 is 0. The summed E-state index contributed by atoms with van der Waals surface area (Å²) < 4.78 is 19.0. The molecule has 1 aromatic carbocycles. The molecule has 1 saturated heterocycles. The average Bonchev–Trinajstić information content (AvgIpc) is 2.85. The molecule has 1 aromatic rings. The maximum absolute atomic E-state index is 13.4. The van der Waals surface area contributed by atoms with Crippen molar-refractivity contribution in [1.82, 2.24) is 5.32 Å². The van der Waals surface area contributed by atoms with E-state index < -0.39 is 0 Å². The van der Waals surface area contributed by atoms with E-state index in [1.165, 1.54) is 6.07 Å². The summed E-state index contributed by atoms with van der Waals surface area (Å²) in [5.74, 6) is -0.112. The SMILES string of the molecule is C[C@@H](NCCc1ccccc1F)[C@@H]1CCCO1. The Morgan fingerprint density at radius 1 is 1.47 bits per heavy atom. The van der Waals surface area contributed by atoms with Gasteiger partial charge in [-0.15, -0.1) is 0 Å². The van der Waals surface area contributed by atoms with E-state index in [-0.39, 0.29) is 5.82 Å². The molecule has 94 valence electrons. The zero-order valence-electron chi connectivity index (χ0n) is 10.3. The smallest absolute Gasteiger partial charge is 0.126 e. The summed E-state index contributed by atoms with van der Waals surface area (Å²) in [7, 11) is 0. The van der Waals surface area contributed by atoms with Crippen LogP contribution in [0.3, 0.4) is 0 Å². The monoisotopic (exact) mass is 237 g/mol. The first-order chi connectivity index (χ1) is 8.27. The number of halogens is 1. The van der Waals surface area contributed by atoms with Crippen LogP contribution in [-0.4, -0.2) is 25.3 Å². The van der Waals surface area contributed by atoms with Crippen LogP contribution in [0.2, 0.25) is 0 Å². The Hall–Kier alpha value is -0.930. The van der Waals surface area contributed by atoms with Crippen LogP contribution in [0.15, 0.2) is 24.3 Å². The molecular formula is C14H20FNO. The molecular weight excluding hydrogens is 217 g/mol. The minimum absolute atomic E-state index is 0.112. The summed E-state index contributed by atoms with van der Waals surface area (Å²) in [4.78, 5) is 0. The van der Waals surface area contributed by atoms with Gasteiger partial charge in [-0.1, -0.05) is 18.2 Å². The molecule has 0 aromatic heterocycles. The van der Waals surface area contributed by atoms with Crippen molar-refractivity contribution >= 4 is 0 Å². The molecule has 1 fully saturated rings. The lowest BCUT2D eigenvalue weighted by atomic mass is 10.1. The fraction of sp³-hybridized carbons (Fsp3) is 0.571. The minimum atomic E-state index is -0.112. The van der Waals surface area contributed by atoms with E-state index in [2.05, 4.69) is 12.2 Å². The Morgan fingerprint density at radius 3 is 3.00 bits per heavy atom. The molecule has 0 unspecified atom stereocenters. The number of ether oxygens (including phenoxy) is 1. The van der Waals surface area contributed by atoms with Crippen molar-refractivity contribution in [3.05, 3.63) is 35.6 Å². The Balaban J connectivity index is 1.74. The maximum Gasteiger partial charge on any atom is 0.126 e. The minimum Gasteiger partial charge on any atom is -0.377 e. The second kappa shape index (κ2) is 6.12. The lowest BCUT2D eigenvalue weighted by molar-refractivity contribution is 0.0839. The van der Waals surface area contributed by atoms with Gasteiger partial charge < -0.3 is 10.1 Å². The van der Waals surface area contributed by atoms with Gasteiger partial charge >= 0.3 is 0 Å². The van der Waals surface area contributed by atoms with Gasteiger partial charge in [0.2, 0.25) is 0 Å². The van der Waals surface area contributed by atoms with Gasteiger partial charge in [0.25, 0.3) is 0 Å². The largest absolute Gasteiger partial charge is 0.377 e. The van der Waals surface area contributed by atoms with Crippen LogP contribution >= 0.6 is 0 Å². The third kappa shape index (κ3) is 3.51. The summed E-state index contributed by atoms with van der Waals surface area (Å²) in [6, 6.07) is 7.31. The molecule has 3 heteroatoms. The Bertz CT molecular complexity index is 350. The second-order valence-corrected chi connectivity index (χ2v) is 4.64. The quantitative estimate of drug-likeness (QED) is 0.849. The van der Waals surface area contributed by atoms with E-state index in [4.69, 9.17) is 4.74 Å². The third-order valence-corrected chi connectivity index (χ3v) is 3.34. The highest BCUT2D eigenvalue weighted by Crippen LogP contribution is 2.15. The van der Waals surface area contributed by atoms with Gasteiger partial charge in [-0.3, -0.25) is 0 Å². The van der Waals surface area contributed by atoms with E-state index in [1.54, 1.807) is 6.07 Å². The van der Waals surface area contributed by atoms with Gasteiger partial charge in [-0.25, -0.2) is 4.39 Å². The molecule has 2 rings (SSSR count). The summed E-state index contributed by atoms with van der Waals surface area (Å²) in [6.45, 7) is 3.81. The van der Waals surface area contributed by atoms with Crippen LogP contribution in [0.25, 0.3) is 0 Å². The summed E-state index contributed by atoms with van der Waals surface area (Å²) in [6.07, 6.45) is 3.34. The zero-order valence-corrected chi connectivity index (χ0v) is 10.3. The predicted molar refractivity (Wildman–Crippen MR) is 66.5 cm³/mol. The average molecular weight is 237 g/mol.